The first-order chi connectivity index (χ1) is 8.86. The predicted molar refractivity (Wildman–Crippen MR) is 79.2 cm³/mol. The molecule has 1 aromatic rings. The van der Waals surface area contributed by atoms with Gasteiger partial charge in [-0.05, 0) is 79.3 Å². The van der Waals surface area contributed by atoms with Crippen LogP contribution >= 0.6 is 11.3 Å². The van der Waals surface area contributed by atoms with Crippen LogP contribution in [0.15, 0.2) is 16.8 Å². The van der Waals surface area contributed by atoms with Crippen LogP contribution in [0.5, 0.6) is 0 Å². The Labute approximate surface area is 115 Å². The molecule has 0 amide bonds. The zero-order valence-corrected chi connectivity index (χ0v) is 12.1. The Morgan fingerprint density at radius 1 is 1.17 bits per heavy atom. The van der Waals surface area contributed by atoms with Crippen molar-refractivity contribution in [1.29, 1.82) is 0 Å². The summed E-state index contributed by atoms with van der Waals surface area (Å²) in [7, 11) is 0. The number of nitrogens with one attached hydrogen (secondary N) is 1. The first-order valence-electron chi connectivity index (χ1n) is 7.61. The fourth-order valence-corrected chi connectivity index (χ4v) is 4.62. The molecular formula is C16H25NS. The number of hydrogen-bond donors (Lipinski definition) is 1. The molecule has 100 valence electrons. The predicted octanol–water partition coefficient (Wildman–Crippen LogP) is 4.38. The van der Waals surface area contributed by atoms with Crippen LogP contribution in [0.25, 0.3) is 0 Å². The van der Waals surface area contributed by atoms with Gasteiger partial charge in [0.15, 0.2) is 0 Å². The quantitative estimate of drug-likeness (QED) is 0.850. The lowest BCUT2D eigenvalue weighted by Gasteiger charge is -2.37. The van der Waals surface area contributed by atoms with Crippen molar-refractivity contribution in [2.45, 2.75) is 63.8 Å². The molecule has 0 aromatic carbocycles. The molecule has 0 unspecified atom stereocenters. The van der Waals surface area contributed by atoms with Crippen LogP contribution < -0.4 is 5.32 Å². The lowest BCUT2D eigenvalue weighted by molar-refractivity contribution is 0.169. The third-order valence-electron chi connectivity index (χ3n) is 5.14. The maximum Gasteiger partial charge on any atom is 0.00676 e. The zero-order chi connectivity index (χ0) is 12.3. The Bertz CT molecular complexity index is 341. The molecule has 0 bridgehead atoms. The van der Waals surface area contributed by atoms with E-state index < -0.39 is 0 Å². The van der Waals surface area contributed by atoms with Crippen molar-refractivity contribution in [3.05, 3.63) is 22.4 Å². The highest BCUT2D eigenvalue weighted by Gasteiger charge is 2.37. The molecule has 2 heteroatoms. The van der Waals surface area contributed by atoms with Gasteiger partial charge in [0.2, 0.25) is 0 Å². The van der Waals surface area contributed by atoms with Crippen LogP contribution in [0, 0.1) is 5.41 Å². The molecule has 0 saturated heterocycles. The Morgan fingerprint density at radius 2 is 1.94 bits per heavy atom. The summed E-state index contributed by atoms with van der Waals surface area (Å²) in [4.78, 5) is 0. The van der Waals surface area contributed by atoms with E-state index in [1.807, 2.05) is 11.3 Å². The minimum atomic E-state index is 0.783. The third kappa shape index (κ3) is 2.97. The van der Waals surface area contributed by atoms with Gasteiger partial charge in [-0.2, -0.15) is 11.3 Å². The molecule has 2 fully saturated rings. The molecule has 1 N–H and O–H groups in total. The molecule has 18 heavy (non-hydrogen) atoms. The summed E-state index contributed by atoms with van der Waals surface area (Å²) in [5.74, 6) is 0. The van der Waals surface area contributed by atoms with Gasteiger partial charge in [-0.15, -0.1) is 0 Å². The van der Waals surface area contributed by atoms with Gasteiger partial charge >= 0.3 is 0 Å². The smallest absolute Gasteiger partial charge is 0.00676 e. The first kappa shape index (κ1) is 12.7. The highest BCUT2D eigenvalue weighted by atomic mass is 32.1. The minimum absolute atomic E-state index is 0.783. The van der Waals surface area contributed by atoms with Crippen molar-refractivity contribution in [3.63, 3.8) is 0 Å². The molecule has 3 rings (SSSR count). The van der Waals surface area contributed by atoms with Crippen LogP contribution in [0.1, 0.15) is 56.9 Å². The van der Waals surface area contributed by atoms with E-state index in [1.54, 1.807) is 0 Å². The second kappa shape index (κ2) is 5.75. The van der Waals surface area contributed by atoms with Gasteiger partial charge in [0.25, 0.3) is 0 Å². The molecule has 2 saturated carbocycles. The Balaban J connectivity index is 1.38. The monoisotopic (exact) mass is 263 g/mol. The first-order valence-corrected chi connectivity index (χ1v) is 8.55. The summed E-state index contributed by atoms with van der Waals surface area (Å²) in [5, 5.41) is 8.23. The second-order valence-electron chi connectivity index (χ2n) is 6.32. The molecule has 0 radical (unpaired) electrons. The van der Waals surface area contributed by atoms with E-state index in [-0.39, 0.29) is 0 Å². The van der Waals surface area contributed by atoms with E-state index >= 15 is 0 Å². The highest BCUT2D eigenvalue weighted by molar-refractivity contribution is 7.07. The summed E-state index contributed by atoms with van der Waals surface area (Å²) in [6, 6.07) is 3.05. The fraction of sp³-hybridized carbons (Fsp3) is 0.750. The van der Waals surface area contributed by atoms with Crippen molar-refractivity contribution in [2.75, 3.05) is 6.54 Å². The molecule has 2 aliphatic rings. The van der Waals surface area contributed by atoms with Gasteiger partial charge in [-0.25, -0.2) is 0 Å². The zero-order valence-electron chi connectivity index (χ0n) is 11.3. The maximum absolute atomic E-state index is 3.77. The second-order valence-corrected chi connectivity index (χ2v) is 7.10. The topological polar surface area (TPSA) is 12.0 Å². The molecule has 1 aromatic heterocycles. The summed E-state index contributed by atoms with van der Waals surface area (Å²) in [5.41, 5.74) is 2.28. The lowest BCUT2D eigenvalue weighted by Crippen LogP contribution is -2.37. The molecule has 2 aliphatic carbocycles. The maximum atomic E-state index is 3.77. The average Bonchev–Trinajstić information content (AvgIpc) is 3.04. The third-order valence-corrected chi connectivity index (χ3v) is 5.87. The summed E-state index contributed by atoms with van der Waals surface area (Å²) < 4.78 is 0. The van der Waals surface area contributed by atoms with Crippen LogP contribution in [0.4, 0.5) is 0 Å². The van der Waals surface area contributed by atoms with Gasteiger partial charge in [0.1, 0.15) is 0 Å². The number of hydrogen-bond acceptors (Lipinski definition) is 2. The van der Waals surface area contributed by atoms with Crippen LogP contribution in [-0.4, -0.2) is 12.6 Å². The Morgan fingerprint density at radius 3 is 2.61 bits per heavy atom. The van der Waals surface area contributed by atoms with Crippen molar-refractivity contribution < 1.29 is 0 Å². The molecule has 1 heterocycles. The van der Waals surface area contributed by atoms with Gasteiger partial charge in [-0.1, -0.05) is 12.8 Å². The van der Waals surface area contributed by atoms with Gasteiger partial charge < -0.3 is 5.32 Å². The minimum Gasteiger partial charge on any atom is -0.314 e. The standard InChI is InChI=1S/C16H25NS/c1-2-8-16(7-1)9-3-15(4-10-16)17-11-5-14-6-12-18-13-14/h6,12-13,15,17H,1-5,7-11H2. The summed E-state index contributed by atoms with van der Waals surface area (Å²) in [6.07, 6.45) is 13.1. The van der Waals surface area contributed by atoms with Crippen LogP contribution in [0.2, 0.25) is 0 Å². The fourth-order valence-electron chi connectivity index (χ4n) is 3.91. The summed E-state index contributed by atoms with van der Waals surface area (Å²) >= 11 is 1.81. The van der Waals surface area contributed by atoms with E-state index in [1.165, 1.54) is 63.4 Å². The average molecular weight is 263 g/mol. The SMILES string of the molecule is c1cc(CCNC2CCC3(CCCC3)CC2)cs1. The molecule has 0 atom stereocenters. The van der Waals surface area contributed by atoms with E-state index in [4.69, 9.17) is 0 Å². The number of thiophene rings is 1. The van der Waals surface area contributed by atoms with Crippen molar-refractivity contribution in [2.24, 2.45) is 5.41 Å². The van der Waals surface area contributed by atoms with Crippen molar-refractivity contribution in [1.82, 2.24) is 5.32 Å². The molecule has 1 spiro atoms. The molecular weight excluding hydrogens is 238 g/mol. The summed E-state index contributed by atoms with van der Waals surface area (Å²) in [6.45, 7) is 1.16. The largest absolute Gasteiger partial charge is 0.314 e. The van der Waals surface area contributed by atoms with Gasteiger partial charge in [0, 0.05) is 6.04 Å². The Hall–Kier alpha value is -0.340. The van der Waals surface area contributed by atoms with Crippen molar-refractivity contribution >= 4 is 11.3 Å². The molecule has 1 nitrogen and oxygen atoms in total. The Kier molecular flexibility index (Phi) is 4.05. The van der Waals surface area contributed by atoms with E-state index in [0.717, 1.165) is 18.0 Å². The normalized spacial score (nSPS) is 23.8. The highest BCUT2D eigenvalue weighted by Crippen LogP contribution is 2.48. The van der Waals surface area contributed by atoms with E-state index in [9.17, 15) is 0 Å². The van der Waals surface area contributed by atoms with Crippen molar-refractivity contribution in [3.8, 4) is 0 Å². The van der Waals surface area contributed by atoms with Crippen LogP contribution in [-0.2, 0) is 6.42 Å². The van der Waals surface area contributed by atoms with Gasteiger partial charge in [0.05, 0.1) is 0 Å². The number of rotatable bonds is 4. The van der Waals surface area contributed by atoms with E-state index in [0.29, 0.717) is 0 Å². The van der Waals surface area contributed by atoms with Crippen LogP contribution in [0.3, 0.4) is 0 Å². The lowest BCUT2D eigenvalue weighted by atomic mass is 9.71. The van der Waals surface area contributed by atoms with E-state index in [2.05, 4.69) is 22.1 Å². The van der Waals surface area contributed by atoms with Gasteiger partial charge in [-0.3, -0.25) is 0 Å². The molecule has 0 aliphatic heterocycles.